The summed E-state index contributed by atoms with van der Waals surface area (Å²) in [6.07, 6.45) is 7.20. The Morgan fingerprint density at radius 3 is 2.84 bits per heavy atom. The predicted octanol–water partition coefficient (Wildman–Crippen LogP) is 1.49. The van der Waals surface area contributed by atoms with Gasteiger partial charge in [-0.2, -0.15) is 5.10 Å². The van der Waals surface area contributed by atoms with Crippen LogP contribution in [0.5, 0.6) is 0 Å². The van der Waals surface area contributed by atoms with Crippen LogP contribution in [0, 0.1) is 5.92 Å². The van der Waals surface area contributed by atoms with Crippen molar-refractivity contribution in [2.75, 3.05) is 44.3 Å². The number of morpholine rings is 1. The molecule has 1 unspecified atom stereocenters. The number of nitrogens with one attached hydrogen (secondary N) is 1. The molecule has 4 heterocycles. The molecule has 0 radical (unpaired) electrons. The molecule has 25 heavy (non-hydrogen) atoms. The van der Waals surface area contributed by atoms with Gasteiger partial charge in [0.25, 0.3) is 0 Å². The predicted molar refractivity (Wildman–Crippen MR) is 95.4 cm³/mol. The van der Waals surface area contributed by atoms with Gasteiger partial charge in [0.05, 0.1) is 25.2 Å². The number of hydrogen-bond acceptors (Lipinski definition) is 6. The zero-order chi connectivity index (χ0) is 16.9. The first kappa shape index (κ1) is 16.5. The van der Waals surface area contributed by atoms with Crippen LogP contribution >= 0.6 is 0 Å². The summed E-state index contributed by atoms with van der Waals surface area (Å²) in [6, 6.07) is 4.25. The summed E-state index contributed by atoms with van der Waals surface area (Å²) in [5.41, 5.74) is 2.29. The fraction of sp³-hybridized carbons (Fsp3) is 0.611. The van der Waals surface area contributed by atoms with E-state index in [1.54, 1.807) is 6.33 Å². The van der Waals surface area contributed by atoms with Crippen LogP contribution in [0.2, 0.25) is 0 Å². The Morgan fingerprint density at radius 1 is 1.16 bits per heavy atom. The highest BCUT2D eigenvalue weighted by Crippen LogP contribution is 2.22. The average molecular weight is 342 g/mol. The lowest BCUT2D eigenvalue weighted by atomic mass is 9.93. The van der Waals surface area contributed by atoms with E-state index < -0.39 is 0 Å². The second-order valence-electron chi connectivity index (χ2n) is 7.01. The molecule has 0 amide bonds. The molecule has 7 nitrogen and oxygen atoms in total. The van der Waals surface area contributed by atoms with Crippen molar-refractivity contribution in [3.8, 4) is 0 Å². The number of aromatic amines is 1. The lowest BCUT2D eigenvalue weighted by Crippen LogP contribution is -2.37. The number of nitrogens with zero attached hydrogens (tertiary/aromatic N) is 5. The smallest absolute Gasteiger partial charge is 0.151 e. The Morgan fingerprint density at radius 2 is 2.08 bits per heavy atom. The number of piperidine rings is 1. The number of H-pyrrole nitrogens is 1. The Bertz CT molecular complexity index is 638. The Labute approximate surface area is 148 Å². The number of likely N-dealkylation sites (tertiary alicyclic amines) is 1. The van der Waals surface area contributed by atoms with Crippen LogP contribution in [0.4, 0.5) is 5.82 Å². The van der Waals surface area contributed by atoms with Gasteiger partial charge in [-0.3, -0.25) is 4.90 Å². The number of rotatable bonds is 5. The first-order valence-corrected chi connectivity index (χ1v) is 9.22. The molecule has 2 aromatic heterocycles. The summed E-state index contributed by atoms with van der Waals surface area (Å²) in [4.78, 5) is 12.1. The Balaban J connectivity index is 1.31. The standard InChI is InChI=1S/C18H26N6O/c1-2-15(12-23(5-1)13-17-11-19-14-20-17)10-16-3-4-18(22-21-16)24-6-8-25-9-7-24/h3-4,11,14-15H,1-2,5-10,12-13H2,(H,19,20). The summed E-state index contributed by atoms with van der Waals surface area (Å²) in [7, 11) is 0. The van der Waals surface area contributed by atoms with E-state index in [-0.39, 0.29) is 0 Å². The summed E-state index contributed by atoms with van der Waals surface area (Å²) in [5, 5.41) is 8.92. The Kier molecular flexibility index (Phi) is 5.22. The van der Waals surface area contributed by atoms with Gasteiger partial charge in [0.2, 0.25) is 0 Å². The van der Waals surface area contributed by atoms with Crippen LogP contribution in [-0.4, -0.2) is 64.5 Å². The summed E-state index contributed by atoms with van der Waals surface area (Å²) >= 11 is 0. The quantitative estimate of drug-likeness (QED) is 0.888. The van der Waals surface area contributed by atoms with Gasteiger partial charge in [0.15, 0.2) is 5.82 Å². The van der Waals surface area contributed by atoms with E-state index in [0.717, 1.165) is 63.9 Å². The molecule has 0 aromatic carbocycles. The molecular formula is C18H26N6O. The normalized spacial score (nSPS) is 22.2. The van der Waals surface area contributed by atoms with Crippen molar-refractivity contribution in [1.29, 1.82) is 0 Å². The van der Waals surface area contributed by atoms with Crippen molar-refractivity contribution in [3.63, 3.8) is 0 Å². The van der Waals surface area contributed by atoms with E-state index in [9.17, 15) is 0 Å². The second-order valence-corrected chi connectivity index (χ2v) is 7.01. The SMILES string of the molecule is c1ncc(CN2CCCC(Cc3ccc(N4CCOCC4)nn3)C2)[nH]1. The maximum atomic E-state index is 5.39. The van der Waals surface area contributed by atoms with E-state index in [1.807, 2.05) is 6.20 Å². The minimum Gasteiger partial charge on any atom is -0.378 e. The summed E-state index contributed by atoms with van der Waals surface area (Å²) in [5.74, 6) is 1.62. The lowest BCUT2D eigenvalue weighted by Gasteiger charge is -2.32. The van der Waals surface area contributed by atoms with Crippen molar-refractivity contribution in [1.82, 2.24) is 25.1 Å². The summed E-state index contributed by atoms with van der Waals surface area (Å²) < 4.78 is 5.39. The third-order valence-corrected chi connectivity index (χ3v) is 5.09. The van der Waals surface area contributed by atoms with Crippen molar-refractivity contribution in [3.05, 3.63) is 36.0 Å². The van der Waals surface area contributed by atoms with E-state index in [4.69, 9.17) is 4.74 Å². The number of aromatic nitrogens is 4. The lowest BCUT2D eigenvalue weighted by molar-refractivity contribution is 0.122. The van der Waals surface area contributed by atoms with Crippen LogP contribution in [-0.2, 0) is 17.7 Å². The van der Waals surface area contributed by atoms with Gasteiger partial charge in [0.1, 0.15) is 0 Å². The van der Waals surface area contributed by atoms with Crippen molar-refractivity contribution in [2.45, 2.75) is 25.8 Å². The van der Waals surface area contributed by atoms with E-state index in [0.29, 0.717) is 5.92 Å². The zero-order valence-electron chi connectivity index (χ0n) is 14.6. The van der Waals surface area contributed by atoms with Crippen LogP contribution in [0.15, 0.2) is 24.7 Å². The molecule has 134 valence electrons. The number of ether oxygens (including phenoxy) is 1. The largest absolute Gasteiger partial charge is 0.378 e. The molecule has 0 bridgehead atoms. The van der Waals surface area contributed by atoms with Gasteiger partial charge in [-0.25, -0.2) is 4.98 Å². The van der Waals surface area contributed by atoms with Gasteiger partial charge in [0, 0.05) is 38.1 Å². The Hall–Kier alpha value is -1.99. The molecule has 2 fully saturated rings. The van der Waals surface area contributed by atoms with Gasteiger partial charge in [-0.1, -0.05) is 0 Å². The van der Waals surface area contributed by atoms with Crippen molar-refractivity contribution >= 4 is 5.82 Å². The van der Waals surface area contributed by atoms with Crippen molar-refractivity contribution in [2.24, 2.45) is 5.92 Å². The van der Waals surface area contributed by atoms with Crippen LogP contribution in [0.3, 0.4) is 0 Å². The van der Waals surface area contributed by atoms with Gasteiger partial charge < -0.3 is 14.6 Å². The number of anilines is 1. The van der Waals surface area contributed by atoms with E-state index in [1.165, 1.54) is 18.5 Å². The van der Waals surface area contributed by atoms with E-state index in [2.05, 4.69) is 42.1 Å². The van der Waals surface area contributed by atoms with Crippen LogP contribution < -0.4 is 4.90 Å². The molecule has 7 heteroatoms. The van der Waals surface area contributed by atoms with Crippen LogP contribution in [0.25, 0.3) is 0 Å². The van der Waals surface area contributed by atoms with E-state index >= 15 is 0 Å². The minimum atomic E-state index is 0.653. The van der Waals surface area contributed by atoms with Gasteiger partial charge in [-0.15, -0.1) is 5.10 Å². The first-order chi connectivity index (χ1) is 12.4. The molecule has 0 spiro atoms. The third-order valence-electron chi connectivity index (χ3n) is 5.09. The fourth-order valence-electron chi connectivity index (χ4n) is 3.79. The molecule has 0 saturated carbocycles. The minimum absolute atomic E-state index is 0.653. The molecule has 2 aliphatic rings. The van der Waals surface area contributed by atoms with Crippen LogP contribution in [0.1, 0.15) is 24.2 Å². The second kappa shape index (κ2) is 7.93. The average Bonchev–Trinajstić information content (AvgIpc) is 3.16. The first-order valence-electron chi connectivity index (χ1n) is 9.22. The third kappa shape index (κ3) is 4.35. The molecule has 2 aliphatic heterocycles. The molecular weight excluding hydrogens is 316 g/mol. The molecule has 2 aromatic rings. The topological polar surface area (TPSA) is 70.2 Å². The highest BCUT2D eigenvalue weighted by atomic mass is 16.5. The molecule has 0 aliphatic carbocycles. The number of imidazole rings is 1. The van der Waals surface area contributed by atoms with Gasteiger partial charge in [-0.05, 0) is 43.9 Å². The highest BCUT2D eigenvalue weighted by molar-refractivity contribution is 5.37. The number of hydrogen-bond donors (Lipinski definition) is 1. The molecule has 1 N–H and O–H groups in total. The summed E-state index contributed by atoms with van der Waals surface area (Å²) in [6.45, 7) is 6.59. The maximum absolute atomic E-state index is 5.39. The molecule has 2 saturated heterocycles. The van der Waals surface area contributed by atoms with Gasteiger partial charge >= 0.3 is 0 Å². The monoisotopic (exact) mass is 342 g/mol. The maximum Gasteiger partial charge on any atom is 0.151 e. The fourth-order valence-corrected chi connectivity index (χ4v) is 3.79. The molecule has 4 rings (SSSR count). The van der Waals surface area contributed by atoms with Crippen molar-refractivity contribution < 1.29 is 4.74 Å². The molecule has 1 atom stereocenters. The highest BCUT2D eigenvalue weighted by Gasteiger charge is 2.21. The zero-order valence-corrected chi connectivity index (χ0v) is 14.6.